The van der Waals surface area contributed by atoms with Crippen LogP contribution in [-0.4, -0.2) is 24.5 Å². The number of carbonyl (C=O) groups excluding carboxylic acids is 1. The highest BCUT2D eigenvalue weighted by Gasteiger charge is 2.24. The van der Waals surface area contributed by atoms with Gasteiger partial charge in [0.25, 0.3) is 5.91 Å². The van der Waals surface area contributed by atoms with Gasteiger partial charge in [0.2, 0.25) is 0 Å². The van der Waals surface area contributed by atoms with E-state index in [1.165, 1.54) is 0 Å². The zero-order valence-corrected chi connectivity index (χ0v) is 16.3. The zero-order chi connectivity index (χ0) is 19.5. The largest absolute Gasteiger partial charge is 0.489 e. The minimum atomic E-state index is -0.0736. The van der Waals surface area contributed by atoms with Gasteiger partial charge >= 0.3 is 0 Å². The summed E-state index contributed by atoms with van der Waals surface area (Å²) in [4.78, 5) is 13.0. The summed E-state index contributed by atoms with van der Waals surface area (Å²) in [5.74, 6) is 1.28. The van der Waals surface area contributed by atoms with Gasteiger partial charge in [0.05, 0.1) is 5.56 Å². The Hall–Kier alpha value is -2.79. The summed E-state index contributed by atoms with van der Waals surface area (Å²) in [6.45, 7) is 5.39. The first-order valence-corrected chi connectivity index (χ1v) is 9.84. The Bertz CT molecular complexity index is 965. The molecule has 2 N–H and O–H groups in total. The van der Waals surface area contributed by atoms with E-state index in [0.717, 1.165) is 36.1 Å². The van der Waals surface area contributed by atoms with Crippen molar-refractivity contribution in [2.24, 2.45) is 0 Å². The van der Waals surface area contributed by atoms with Gasteiger partial charge in [-0.2, -0.15) is 0 Å². The van der Waals surface area contributed by atoms with E-state index in [9.17, 15) is 4.79 Å². The molecule has 0 spiro atoms. The lowest BCUT2D eigenvalue weighted by atomic mass is 10.00. The van der Waals surface area contributed by atoms with E-state index in [1.807, 2.05) is 55.5 Å². The monoisotopic (exact) mass is 378 g/mol. The van der Waals surface area contributed by atoms with Crippen molar-refractivity contribution in [1.82, 2.24) is 10.6 Å². The molecule has 0 aliphatic carbocycles. The van der Waals surface area contributed by atoms with Crippen molar-refractivity contribution in [3.63, 3.8) is 0 Å². The molecule has 0 saturated carbocycles. The van der Waals surface area contributed by atoms with Crippen LogP contribution in [-0.2, 0) is 6.61 Å². The molecule has 5 nitrogen and oxygen atoms in total. The van der Waals surface area contributed by atoms with E-state index < -0.39 is 0 Å². The highest BCUT2D eigenvalue weighted by atomic mass is 16.5. The summed E-state index contributed by atoms with van der Waals surface area (Å²) in [7, 11) is 0. The lowest BCUT2D eigenvalue weighted by molar-refractivity contribution is 0.0925. The molecule has 3 aromatic rings. The van der Waals surface area contributed by atoms with E-state index in [-0.39, 0.29) is 11.9 Å². The summed E-state index contributed by atoms with van der Waals surface area (Å²) in [5.41, 5.74) is 2.41. The summed E-state index contributed by atoms with van der Waals surface area (Å²) < 4.78 is 11.7. The summed E-state index contributed by atoms with van der Waals surface area (Å²) in [5, 5.41) is 7.39. The third-order valence-corrected chi connectivity index (χ3v) is 5.27. The number of benzene rings is 2. The van der Waals surface area contributed by atoms with E-state index in [4.69, 9.17) is 9.15 Å². The normalized spacial score (nSPS) is 19.5. The summed E-state index contributed by atoms with van der Waals surface area (Å²) in [6.07, 6.45) is 1.88. The number of hydrogen-bond acceptors (Lipinski definition) is 4. The fourth-order valence-corrected chi connectivity index (χ4v) is 3.83. The minimum absolute atomic E-state index is 0.0736. The fourth-order valence-electron chi connectivity index (χ4n) is 3.83. The Kier molecular flexibility index (Phi) is 5.35. The van der Waals surface area contributed by atoms with Crippen molar-refractivity contribution in [2.75, 3.05) is 6.54 Å². The topological polar surface area (TPSA) is 63.5 Å². The van der Waals surface area contributed by atoms with E-state index in [1.54, 1.807) is 0 Å². The fraction of sp³-hybridized carbons (Fsp3) is 0.348. The lowest BCUT2D eigenvalue weighted by Gasteiger charge is -2.28. The highest BCUT2D eigenvalue weighted by molar-refractivity contribution is 6.07. The predicted octanol–water partition coefficient (Wildman–Crippen LogP) is 4.19. The SMILES string of the molecule is Cc1oc2ccc(OCc3ccccc3)cc2c1C(=O)NC1CCNC(C)C1. The van der Waals surface area contributed by atoms with E-state index >= 15 is 0 Å². The molecule has 1 aromatic heterocycles. The number of rotatable bonds is 5. The first-order valence-electron chi connectivity index (χ1n) is 9.84. The first kappa shape index (κ1) is 18.6. The van der Waals surface area contributed by atoms with Crippen LogP contribution in [0, 0.1) is 6.92 Å². The Balaban J connectivity index is 1.54. The lowest BCUT2D eigenvalue weighted by Crippen LogP contribution is -2.46. The smallest absolute Gasteiger partial charge is 0.255 e. The van der Waals surface area contributed by atoms with Gasteiger partial charge in [-0.25, -0.2) is 0 Å². The molecule has 1 saturated heterocycles. The number of piperidine rings is 1. The standard InChI is InChI=1S/C23H26N2O3/c1-15-12-18(10-11-24-15)25-23(26)22-16(2)28-21-9-8-19(13-20(21)22)27-14-17-6-4-3-5-7-17/h3-9,13,15,18,24H,10-12,14H2,1-2H3,(H,25,26). The molecule has 5 heteroatoms. The van der Waals surface area contributed by atoms with Crippen LogP contribution >= 0.6 is 0 Å². The molecule has 4 rings (SSSR count). The summed E-state index contributed by atoms with van der Waals surface area (Å²) >= 11 is 0. The van der Waals surface area contributed by atoms with Crippen LogP contribution in [0.3, 0.4) is 0 Å². The van der Waals surface area contributed by atoms with E-state index in [0.29, 0.717) is 29.6 Å². The maximum Gasteiger partial charge on any atom is 0.255 e. The number of hydrogen-bond donors (Lipinski definition) is 2. The Morgan fingerprint density at radius 2 is 2.07 bits per heavy atom. The van der Waals surface area contributed by atoms with Crippen molar-refractivity contribution < 1.29 is 13.9 Å². The zero-order valence-electron chi connectivity index (χ0n) is 16.3. The third-order valence-electron chi connectivity index (χ3n) is 5.27. The number of carbonyl (C=O) groups is 1. The number of amides is 1. The van der Waals surface area contributed by atoms with Crippen molar-refractivity contribution in [3.05, 3.63) is 65.4 Å². The molecule has 0 bridgehead atoms. The molecule has 1 amide bonds. The van der Waals surface area contributed by atoms with Crippen LogP contribution in [0.4, 0.5) is 0 Å². The van der Waals surface area contributed by atoms with Crippen LogP contribution in [0.15, 0.2) is 52.9 Å². The van der Waals surface area contributed by atoms with E-state index in [2.05, 4.69) is 17.6 Å². The molecule has 28 heavy (non-hydrogen) atoms. The van der Waals surface area contributed by atoms with Crippen molar-refractivity contribution in [3.8, 4) is 5.75 Å². The predicted molar refractivity (Wildman–Crippen MR) is 110 cm³/mol. The molecular weight excluding hydrogens is 352 g/mol. The van der Waals surface area contributed by atoms with Crippen molar-refractivity contribution >= 4 is 16.9 Å². The number of furan rings is 1. The van der Waals surface area contributed by atoms with Gasteiger partial charge in [0, 0.05) is 17.5 Å². The van der Waals surface area contributed by atoms with Gasteiger partial charge in [-0.15, -0.1) is 0 Å². The molecule has 2 aromatic carbocycles. The van der Waals surface area contributed by atoms with Gasteiger partial charge in [-0.05, 0) is 57.0 Å². The van der Waals surface area contributed by atoms with Crippen molar-refractivity contribution in [1.29, 1.82) is 0 Å². The molecule has 1 aliphatic rings. The minimum Gasteiger partial charge on any atom is -0.489 e. The molecule has 1 fully saturated rings. The average Bonchev–Trinajstić information content (AvgIpc) is 3.02. The second kappa shape index (κ2) is 8.07. The third kappa shape index (κ3) is 4.04. The van der Waals surface area contributed by atoms with Crippen LogP contribution in [0.5, 0.6) is 5.75 Å². The van der Waals surface area contributed by atoms with Gasteiger partial charge in [-0.1, -0.05) is 30.3 Å². The van der Waals surface area contributed by atoms with Crippen molar-refractivity contribution in [2.45, 2.75) is 45.4 Å². The number of nitrogens with one attached hydrogen (secondary N) is 2. The molecule has 2 heterocycles. The number of ether oxygens (including phenoxy) is 1. The summed E-state index contributed by atoms with van der Waals surface area (Å²) in [6, 6.07) is 16.3. The molecular formula is C23H26N2O3. The Morgan fingerprint density at radius 1 is 1.25 bits per heavy atom. The second-order valence-electron chi connectivity index (χ2n) is 7.52. The van der Waals surface area contributed by atoms with Crippen LogP contribution < -0.4 is 15.4 Å². The molecule has 2 atom stereocenters. The maximum absolute atomic E-state index is 13.0. The van der Waals surface area contributed by atoms with Gasteiger partial charge in [0.1, 0.15) is 23.7 Å². The van der Waals surface area contributed by atoms with Crippen LogP contribution in [0.2, 0.25) is 0 Å². The molecule has 0 radical (unpaired) electrons. The average molecular weight is 378 g/mol. The van der Waals surface area contributed by atoms with Gasteiger partial charge in [-0.3, -0.25) is 4.79 Å². The number of aryl methyl sites for hydroxylation is 1. The van der Waals surface area contributed by atoms with Crippen LogP contribution in [0.25, 0.3) is 11.0 Å². The highest BCUT2D eigenvalue weighted by Crippen LogP contribution is 2.29. The Morgan fingerprint density at radius 3 is 2.86 bits per heavy atom. The van der Waals surface area contributed by atoms with Gasteiger partial charge in [0.15, 0.2) is 0 Å². The van der Waals surface area contributed by atoms with Gasteiger partial charge < -0.3 is 19.8 Å². The Labute approximate surface area is 165 Å². The number of fused-ring (bicyclic) bond motifs is 1. The van der Waals surface area contributed by atoms with Crippen LogP contribution in [0.1, 0.15) is 41.4 Å². The molecule has 146 valence electrons. The molecule has 1 aliphatic heterocycles. The molecule has 2 unspecified atom stereocenters. The first-order chi connectivity index (χ1) is 13.6. The quantitative estimate of drug-likeness (QED) is 0.699. The second-order valence-corrected chi connectivity index (χ2v) is 7.52. The maximum atomic E-state index is 13.0.